The van der Waals surface area contributed by atoms with E-state index >= 15 is 0 Å². The molecule has 0 radical (unpaired) electrons. The van der Waals surface area contributed by atoms with Gasteiger partial charge in [-0.1, -0.05) is 32.0 Å². The molecular formula is C20H23N3O. The first-order valence-electron chi connectivity index (χ1n) is 8.21. The van der Waals surface area contributed by atoms with Crippen molar-refractivity contribution in [2.24, 2.45) is 0 Å². The first-order chi connectivity index (χ1) is 11.5. The fourth-order valence-corrected chi connectivity index (χ4v) is 2.38. The second kappa shape index (κ2) is 8.16. The maximum atomic E-state index is 12.3. The van der Waals surface area contributed by atoms with Gasteiger partial charge in [-0.3, -0.25) is 4.79 Å². The average molecular weight is 321 g/mol. The monoisotopic (exact) mass is 321 g/mol. The third-order valence-electron chi connectivity index (χ3n) is 4.13. The van der Waals surface area contributed by atoms with Crippen molar-refractivity contribution >= 4 is 17.3 Å². The third kappa shape index (κ3) is 4.60. The molecule has 0 saturated heterocycles. The Kier molecular flexibility index (Phi) is 5.97. The fraction of sp³-hybridized carbons (Fsp3) is 0.300. The van der Waals surface area contributed by atoms with Crippen molar-refractivity contribution in [3.8, 4) is 6.07 Å². The normalized spacial score (nSPS) is 12.8. The van der Waals surface area contributed by atoms with Gasteiger partial charge in [0.2, 0.25) is 5.91 Å². The Hall–Kier alpha value is -2.80. The van der Waals surface area contributed by atoms with Gasteiger partial charge in [-0.05, 0) is 55.2 Å². The number of anilines is 2. The van der Waals surface area contributed by atoms with Crippen molar-refractivity contribution in [3.05, 3.63) is 59.7 Å². The second-order valence-corrected chi connectivity index (χ2v) is 5.98. The zero-order valence-electron chi connectivity index (χ0n) is 14.3. The Labute approximate surface area is 143 Å². The van der Waals surface area contributed by atoms with Crippen LogP contribution in [0.1, 0.15) is 44.2 Å². The lowest BCUT2D eigenvalue weighted by molar-refractivity contribution is -0.116. The van der Waals surface area contributed by atoms with E-state index in [0.29, 0.717) is 17.2 Å². The van der Waals surface area contributed by atoms with E-state index in [9.17, 15) is 4.79 Å². The summed E-state index contributed by atoms with van der Waals surface area (Å²) in [6.45, 7) is 6.18. The van der Waals surface area contributed by atoms with Gasteiger partial charge in [0.1, 0.15) is 6.04 Å². The smallest absolute Gasteiger partial charge is 0.246 e. The van der Waals surface area contributed by atoms with E-state index in [2.05, 4.69) is 42.7 Å². The number of rotatable bonds is 6. The van der Waals surface area contributed by atoms with Crippen LogP contribution in [0.3, 0.4) is 0 Å². The van der Waals surface area contributed by atoms with E-state index in [4.69, 9.17) is 5.26 Å². The van der Waals surface area contributed by atoms with Gasteiger partial charge in [0.05, 0.1) is 11.6 Å². The van der Waals surface area contributed by atoms with Gasteiger partial charge in [0.15, 0.2) is 0 Å². The molecule has 2 aromatic carbocycles. The van der Waals surface area contributed by atoms with Crippen molar-refractivity contribution in [3.63, 3.8) is 0 Å². The highest BCUT2D eigenvalue weighted by molar-refractivity contribution is 5.96. The molecule has 4 nitrogen and oxygen atoms in total. The van der Waals surface area contributed by atoms with Crippen LogP contribution in [0.5, 0.6) is 0 Å². The molecule has 2 aromatic rings. The number of amides is 1. The first-order valence-corrected chi connectivity index (χ1v) is 8.21. The number of hydrogen-bond donors (Lipinski definition) is 2. The Balaban J connectivity index is 1.97. The van der Waals surface area contributed by atoms with E-state index in [1.807, 2.05) is 19.1 Å². The minimum absolute atomic E-state index is 0.143. The Bertz CT molecular complexity index is 731. The summed E-state index contributed by atoms with van der Waals surface area (Å²) >= 11 is 0. The number of hydrogen-bond acceptors (Lipinski definition) is 3. The summed E-state index contributed by atoms with van der Waals surface area (Å²) in [6, 6.07) is 16.8. The zero-order valence-corrected chi connectivity index (χ0v) is 14.3. The van der Waals surface area contributed by atoms with E-state index in [1.54, 1.807) is 24.3 Å². The van der Waals surface area contributed by atoms with Gasteiger partial charge < -0.3 is 10.6 Å². The topological polar surface area (TPSA) is 64.9 Å². The van der Waals surface area contributed by atoms with E-state index in [1.165, 1.54) is 5.56 Å². The van der Waals surface area contributed by atoms with Crippen LogP contribution in [0.4, 0.5) is 11.4 Å². The quantitative estimate of drug-likeness (QED) is 0.822. The maximum Gasteiger partial charge on any atom is 0.246 e. The van der Waals surface area contributed by atoms with Crippen LogP contribution in [0.2, 0.25) is 0 Å². The zero-order chi connectivity index (χ0) is 17.5. The minimum Gasteiger partial charge on any atom is -0.374 e. The standard InChI is InChI=1S/C20H23N3O/c1-4-14(2)17-8-10-18(11-9-17)22-15(3)20(24)23-19-7-5-6-16(12-19)13-21/h5-12,14-15,22H,4H2,1-3H3,(H,23,24)/t14-,15-/m1/s1. The number of nitrogens with one attached hydrogen (secondary N) is 2. The summed E-state index contributed by atoms with van der Waals surface area (Å²) in [5.74, 6) is 0.392. The molecule has 0 saturated carbocycles. The molecular weight excluding hydrogens is 298 g/mol. The molecule has 0 bridgehead atoms. The molecule has 0 fully saturated rings. The molecule has 0 heterocycles. The van der Waals surface area contributed by atoms with E-state index in [-0.39, 0.29) is 11.9 Å². The summed E-state index contributed by atoms with van der Waals surface area (Å²) in [5.41, 5.74) is 3.36. The average Bonchev–Trinajstić information content (AvgIpc) is 2.61. The van der Waals surface area contributed by atoms with Gasteiger partial charge in [0, 0.05) is 11.4 Å². The van der Waals surface area contributed by atoms with Crippen molar-refractivity contribution in [2.45, 2.75) is 39.2 Å². The molecule has 4 heteroatoms. The van der Waals surface area contributed by atoms with Crippen molar-refractivity contribution < 1.29 is 4.79 Å². The highest BCUT2D eigenvalue weighted by atomic mass is 16.2. The van der Waals surface area contributed by atoms with Gasteiger partial charge in [0.25, 0.3) is 0 Å². The van der Waals surface area contributed by atoms with Crippen molar-refractivity contribution in [1.82, 2.24) is 0 Å². The summed E-state index contributed by atoms with van der Waals surface area (Å²) in [6.07, 6.45) is 1.10. The Morgan fingerprint density at radius 1 is 1.12 bits per heavy atom. The molecule has 0 aliphatic carbocycles. The maximum absolute atomic E-state index is 12.3. The summed E-state index contributed by atoms with van der Waals surface area (Å²) in [5, 5.41) is 14.9. The SMILES string of the molecule is CC[C@@H](C)c1ccc(N[C@H](C)C(=O)Nc2cccc(C#N)c2)cc1. The number of nitriles is 1. The van der Waals surface area contributed by atoms with Crippen LogP contribution in [-0.2, 0) is 4.79 Å². The predicted molar refractivity (Wildman–Crippen MR) is 98.0 cm³/mol. The lowest BCUT2D eigenvalue weighted by Gasteiger charge is -2.16. The second-order valence-electron chi connectivity index (χ2n) is 5.98. The number of carbonyl (C=O) groups excluding carboxylic acids is 1. The van der Waals surface area contributed by atoms with Crippen LogP contribution in [0, 0.1) is 11.3 Å². The van der Waals surface area contributed by atoms with Gasteiger partial charge in [-0.2, -0.15) is 5.26 Å². The number of benzene rings is 2. The molecule has 0 aliphatic heterocycles. The number of carbonyl (C=O) groups is 1. The van der Waals surface area contributed by atoms with Gasteiger partial charge in [-0.25, -0.2) is 0 Å². The molecule has 0 aliphatic rings. The van der Waals surface area contributed by atoms with E-state index < -0.39 is 0 Å². The lowest BCUT2D eigenvalue weighted by atomic mass is 9.98. The van der Waals surface area contributed by atoms with Gasteiger partial charge >= 0.3 is 0 Å². The molecule has 0 unspecified atom stereocenters. The first kappa shape index (κ1) is 17.6. The highest BCUT2D eigenvalue weighted by Gasteiger charge is 2.13. The van der Waals surface area contributed by atoms with Crippen molar-refractivity contribution in [1.29, 1.82) is 5.26 Å². The third-order valence-corrected chi connectivity index (χ3v) is 4.13. The molecule has 0 aromatic heterocycles. The molecule has 2 atom stereocenters. The van der Waals surface area contributed by atoms with Crippen LogP contribution in [-0.4, -0.2) is 11.9 Å². The van der Waals surface area contributed by atoms with Gasteiger partial charge in [-0.15, -0.1) is 0 Å². The molecule has 124 valence electrons. The summed E-state index contributed by atoms with van der Waals surface area (Å²) < 4.78 is 0. The summed E-state index contributed by atoms with van der Waals surface area (Å²) in [4.78, 5) is 12.3. The Morgan fingerprint density at radius 3 is 2.46 bits per heavy atom. The Morgan fingerprint density at radius 2 is 1.83 bits per heavy atom. The van der Waals surface area contributed by atoms with Crippen LogP contribution in [0.25, 0.3) is 0 Å². The van der Waals surface area contributed by atoms with Crippen LogP contribution < -0.4 is 10.6 Å². The largest absolute Gasteiger partial charge is 0.374 e. The van der Waals surface area contributed by atoms with Crippen LogP contribution >= 0.6 is 0 Å². The van der Waals surface area contributed by atoms with E-state index in [0.717, 1.165) is 12.1 Å². The predicted octanol–water partition coefficient (Wildman–Crippen LogP) is 4.51. The summed E-state index contributed by atoms with van der Waals surface area (Å²) in [7, 11) is 0. The minimum atomic E-state index is -0.384. The molecule has 1 amide bonds. The highest BCUT2D eigenvalue weighted by Crippen LogP contribution is 2.21. The molecule has 0 spiro atoms. The number of nitrogens with zero attached hydrogens (tertiary/aromatic N) is 1. The van der Waals surface area contributed by atoms with Crippen LogP contribution in [0.15, 0.2) is 48.5 Å². The molecule has 24 heavy (non-hydrogen) atoms. The molecule has 2 rings (SSSR count). The molecule has 2 N–H and O–H groups in total. The fourth-order valence-electron chi connectivity index (χ4n) is 2.38. The lowest BCUT2D eigenvalue weighted by Crippen LogP contribution is -2.31. The van der Waals surface area contributed by atoms with Crippen molar-refractivity contribution in [2.75, 3.05) is 10.6 Å².